The molecule has 2 aromatic carbocycles. The minimum Gasteiger partial charge on any atom is -0.411 e. The number of hydrogen-bond donors (Lipinski definition) is 1. The summed E-state index contributed by atoms with van der Waals surface area (Å²) in [5.74, 6) is 0.279. The van der Waals surface area contributed by atoms with Crippen LogP contribution in [0.5, 0.6) is 0 Å². The van der Waals surface area contributed by atoms with E-state index in [2.05, 4.69) is 20.5 Å². The minimum absolute atomic E-state index is 0.126. The summed E-state index contributed by atoms with van der Waals surface area (Å²) < 4.78 is 5.63. The second-order valence-electron chi connectivity index (χ2n) is 5.92. The number of pyridine rings is 1. The van der Waals surface area contributed by atoms with E-state index >= 15 is 0 Å². The number of amides is 1. The Kier molecular flexibility index (Phi) is 4.84. The van der Waals surface area contributed by atoms with E-state index in [9.17, 15) is 4.79 Å². The van der Waals surface area contributed by atoms with Gasteiger partial charge in [-0.05, 0) is 42.0 Å². The van der Waals surface area contributed by atoms with Gasteiger partial charge in [-0.2, -0.15) is 0 Å². The van der Waals surface area contributed by atoms with Crippen molar-refractivity contribution in [3.05, 3.63) is 67.0 Å². The summed E-state index contributed by atoms with van der Waals surface area (Å²) in [6.45, 7) is 1.80. The number of hydrogen-bond acceptors (Lipinski definition) is 6. The number of aromatic nitrogens is 3. The average Bonchev–Trinajstić information content (AvgIpc) is 3.17. The van der Waals surface area contributed by atoms with Crippen LogP contribution in [0, 0.1) is 0 Å². The summed E-state index contributed by atoms with van der Waals surface area (Å²) in [6, 6.07) is 17.4. The van der Waals surface area contributed by atoms with Crippen molar-refractivity contribution in [2.75, 3.05) is 5.32 Å². The van der Waals surface area contributed by atoms with Crippen LogP contribution in [0.25, 0.3) is 22.2 Å². The maximum Gasteiger partial charge on any atom is 0.277 e. The molecule has 4 rings (SSSR count). The molecule has 2 heterocycles. The molecular weight excluding hydrogens is 360 g/mol. The van der Waals surface area contributed by atoms with Gasteiger partial charge in [-0.15, -0.1) is 10.2 Å². The minimum atomic E-state index is -0.387. The zero-order valence-corrected chi connectivity index (χ0v) is 15.3. The second-order valence-corrected chi connectivity index (χ2v) is 7.21. The molecule has 4 aromatic rings. The molecule has 0 aliphatic heterocycles. The average molecular weight is 376 g/mol. The Morgan fingerprint density at radius 3 is 2.63 bits per heavy atom. The van der Waals surface area contributed by atoms with Crippen molar-refractivity contribution in [2.24, 2.45) is 0 Å². The lowest BCUT2D eigenvalue weighted by molar-refractivity contribution is -0.115. The summed E-state index contributed by atoms with van der Waals surface area (Å²) in [5.41, 5.74) is 1.55. The lowest BCUT2D eigenvalue weighted by Gasteiger charge is -2.10. The molecule has 0 saturated heterocycles. The van der Waals surface area contributed by atoms with Crippen LogP contribution in [0.15, 0.2) is 76.6 Å². The predicted molar refractivity (Wildman–Crippen MR) is 105 cm³/mol. The largest absolute Gasteiger partial charge is 0.411 e. The van der Waals surface area contributed by atoms with Gasteiger partial charge in [0.1, 0.15) is 0 Å². The fourth-order valence-corrected chi connectivity index (χ4v) is 3.27. The molecule has 2 aromatic heterocycles. The third-order valence-electron chi connectivity index (χ3n) is 4.00. The van der Waals surface area contributed by atoms with Crippen molar-refractivity contribution in [3.63, 3.8) is 0 Å². The van der Waals surface area contributed by atoms with E-state index in [1.165, 1.54) is 11.8 Å². The van der Waals surface area contributed by atoms with E-state index in [1.807, 2.05) is 42.5 Å². The molecule has 1 N–H and O–H groups in total. The number of carbonyl (C=O) groups is 1. The third-order valence-corrected chi connectivity index (χ3v) is 4.93. The number of fused-ring (bicyclic) bond motifs is 1. The normalized spacial score (nSPS) is 12.0. The van der Waals surface area contributed by atoms with Gasteiger partial charge in [0, 0.05) is 23.6 Å². The van der Waals surface area contributed by atoms with E-state index in [0.29, 0.717) is 11.1 Å². The van der Waals surface area contributed by atoms with Gasteiger partial charge in [0.15, 0.2) is 0 Å². The number of nitrogens with zero attached hydrogens (tertiary/aromatic N) is 3. The Morgan fingerprint density at radius 1 is 1.04 bits per heavy atom. The molecule has 1 atom stereocenters. The van der Waals surface area contributed by atoms with Gasteiger partial charge in [-0.25, -0.2) is 0 Å². The molecular formula is C20H16N4O2S. The molecule has 0 spiro atoms. The first-order valence-electron chi connectivity index (χ1n) is 8.39. The highest BCUT2D eigenvalue weighted by Crippen LogP contribution is 2.27. The van der Waals surface area contributed by atoms with Crippen LogP contribution < -0.4 is 5.32 Å². The molecule has 0 saturated carbocycles. The smallest absolute Gasteiger partial charge is 0.277 e. The molecule has 0 aliphatic carbocycles. The number of anilines is 1. The maximum absolute atomic E-state index is 12.5. The van der Waals surface area contributed by atoms with Crippen molar-refractivity contribution in [1.82, 2.24) is 15.2 Å². The van der Waals surface area contributed by atoms with Crippen LogP contribution in [-0.2, 0) is 4.79 Å². The fraction of sp³-hybridized carbons (Fsp3) is 0.100. The van der Waals surface area contributed by atoms with Gasteiger partial charge in [0.05, 0.1) is 5.25 Å². The van der Waals surface area contributed by atoms with E-state index in [0.717, 1.165) is 22.0 Å². The molecule has 0 aliphatic rings. The summed E-state index contributed by atoms with van der Waals surface area (Å²) in [6.07, 6.45) is 3.32. The molecule has 0 fully saturated rings. The van der Waals surface area contributed by atoms with Crippen LogP contribution >= 0.6 is 11.8 Å². The second kappa shape index (κ2) is 7.59. The quantitative estimate of drug-likeness (QED) is 0.520. The number of nitrogens with one attached hydrogen (secondary N) is 1. The molecule has 0 radical (unpaired) electrons. The summed E-state index contributed by atoms with van der Waals surface area (Å²) in [5, 5.41) is 13.1. The van der Waals surface area contributed by atoms with Crippen LogP contribution in [-0.4, -0.2) is 26.3 Å². The van der Waals surface area contributed by atoms with Crippen molar-refractivity contribution in [1.29, 1.82) is 0 Å². The van der Waals surface area contributed by atoms with E-state index < -0.39 is 0 Å². The highest BCUT2D eigenvalue weighted by Gasteiger charge is 2.19. The molecule has 7 heteroatoms. The summed E-state index contributed by atoms with van der Waals surface area (Å²) in [4.78, 5) is 16.5. The van der Waals surface area contributed by atoms with E-state index in [1.54, 1.807) is 31.5 Å². The SMILES string of the molecule is CC(Sc1nnc(-c2ccncc2)o1)C(=O)Nc1ccc2ccccc2c1. The van der Waals surface area contributed by atoms with Gasteiger partial charge >= 0.3 is 0 Å². The van der Waals surface area contributed by atoms with Crippen molar-refractivity contribution >= 4 is 34.1 Å². The molecule has 27 heavy (non-hydrogen) atoms. The Bertz CT molecular complexity index is 1080. The van der Waals surface area contributed by atoms with Gasteiger partial charge < -0.3 is 9.73 Å². The topological polar surface area (TPSA) is 80.9 Å². The van der Waals surface area contributed by atoms with Gasteiger partial charge in [0.25, 0.3) is 5.22 Å². The van der Waals surface area contributed by atoms with Gasteiger partial charge in [-0.3, -0.25) is 9.78 Å². The molecule has 6 nitrogen and oxygen atoms in total. The van der Waals surface area contributed by atoms with Crippen LogP contribution in [0.1, 0.15) is 6.92 Å². The Labute approximate surface area is 160 Å². The van der Waals surface area contributed by atoms with Crippen LogP contribution in [0.3, 0.4) is 0 Å². The van der Waals surface area contributed by atoms with Crippen LogP contribution in [0.4, 0.5) is 5.69 Å². The molecule has 1 amide bonds. The first-order valence-corrected chi connectivity index (χ1v) is 9.27. The third kappa shape index (κ3) is 3.98. The number of benzene rings is 2. The number of rotatable bonds is 5. The molecule has 134 valence electrons. The predicted octanol–water partition coefficient (Wildman–Crippen LogP) is 4.40. The highest BCUT2D eigenvalue weighted by atomic mass is 32.2. The molecule has 0 bridgehead atoms. The first kappa shape index (κ1) is 17.2. The number of carbonyl (C=O) groups excluding carboxylic acids is 1. The van der Waals surface area contributed by atoms with E-state index in [4.69, 9.17) is 4.42 Å². The fourth-order valence-electron chi connectivity index (χ4n) is 2.58. The Morgan fingerprint density at radius 2 is 1.81 bits per heavy atom. The van der Waals surface area contributed by atoms with Crippen LogP contribution in [0.2, 0.25) is 0 Å². The van der Waals surface area contributed by atoms with Crippen molar-refractivity contribution in [2.45, 2.75) is 17.4 Å². The summed E-state index contributed by atoms with van der Waals surface area (Å²) in [7, 11) is 0. The van der Waals surface area contributed by atoms with Crippen molar-refractivity contribution in [3.8, 4) is 11.5 Å². The lowest BCUT2D eigenvalue weighted by Crippen LogP contribution is -2.22. The summed E-state index contributed by atoms with van der Waals surface area (Å²) >= 11 is 1.22. The Balaban J connectivity index is 1.42. The zero-order chi connectivity index (χ0) is 18.6. The first-order chi connectivity index (χ1) is 13.2. The monoisotopic (exact) mass is 376 g/mol. The number of thioether (sulfide) groups is 1. The van der Waals surface area contributed by atoms with Gasteiger partial charge in [-0.1, -0.05) is 42.1 Å². The standard InChI is InChI=1S/C20H16N4O2S/c1-13(27-20-24-23-19(26-20)15-8-10-21-11-9-15)18(25)22-17-7-6-14-4-2-3-5-16(14)12-17/h2-13H,1H3,(H,22,25). The van der Waals surface area contributed by atoms with Gasteiger partial charge in [0.2, 0.25) is 11.8 Å². The molecule has 1 unspecified atom stereocenters. The Hall–Kier alpha value is -3.19. The highest BCUT2D eigenvalue weighted by molar-refractivity contribution is 8.00. The lowest BCUT2D eigenvalue weighted by atomic mass is 10.1. The maximum atomic E-state index is 12.5. The zero-order valence-electron chi connectivity index (χ0n) is 14.5. The van der Waals surface area contributed by atoms with E-state index in [-0.39, 0.29) is 11.2 Å². The van der Waals surface area contributed by atoms with Crippen molar-refractivity contribution < 1.29 is 9.21 Å².